The van der Waals surface area contributed by atoms with Gasteiger partial charge in [-0.15, -0.1) is 0 Å². The first-order chi connectivity index (χ1) is 20.9. The van der Waals surface area contributed by atoms with Gasteiger partial charge in [0.25, 0.3) is 0 Å². The SMILES string of the molecule is COc1ccc([C@H]2CC[C@H](CN(c3cc(-c4cnn(C5CC5)c4)ccn3)C(=O)[C@H]3CC[C@H](CC(=O)O)CC3)CC2)nc1C. The second-order valence-corrected chi connectivity index (χ2v) is 12.8. The molecule has 3 aromatic heterocycles. The summed E-state index contributed by atoms with van der Waals surface area (Å²) in [6.45, 7) is 2.64. The zero-order valence-corrected chi connectivity index (χ0v) is 25.3. The number of rotatable bonds is 10. The van der Waals surface area contributed by atoms with E-state index in [0.717, 1.165) is 79.6 Å². The Morgan fingerprint density at radius 2 is 1.72 bits per heavy atom. The molecule has 43 heavy (non-hydrogen) atoms. The number of anilines is 1. The second kappa shape index (κ2) is 12.9. The Bertz CT molecular complexity index is 1430. The van der Waals surface area contributed by atoms with Gasteiger partial charge < -0.3 is 9.84 Å². The maximum atomic E-state index is 14.2. The van der Waals surface area contributed by atoms with E-state index in [1.807, 2.05) is 40.9 Å². The summed E-state index contributed by atoms with van der Waals surface area (Å²) in [5, 5.41) is 13.8. The monoisotopic (exact) mass is 585 g/mol. The number of hydrogen-bond donors (Lipinski definition) is 1. The summed E-state index contributed by atoms with van der Waals surface area (Å²) in [7, 11) is 1.68. The van der Waals surface area contributed by atoms with Gasteiger partial charge in [0.05, 0.1) is 25.0 Å². The van der Waals surface area contributed by atoms with E-state index in [4.69, 9.17) is 14.7 Å². The van der Waals surface area contributed by atoms with Crippen LogP contribution in [0.5, 0.6) is 5.75 Å². The highest BCUT2D eigenvalue weighted by molar-refractivity contribution is 5.94. The van der Waals surface area contributed by atoms with Crippen molar-refractivity contribution in [2.75, 3.05) is 18.6 Å². The first kappa shape index (κ1) is 29.3. The molecule has 9 heteroatoms. The molecule has 3 aromatic rings. The minimum atomic E-state index is -0.752. The van der Waals surface area contributed by atoms with Crippen molar-refractivity contribution < 1.29 is 19.4 Å². The molecule has 0 saturated heterocycles. The fourth-order valence-corrected chi connectivity index (χ4v) is 7.06. The number of methoxy groups -OCH3 is 1. The molecule has 0 spiro atoms. The molecule has 1 N–H and O–H groups in total. The molecule has 0 radical (unpaired) electrons. The molecule has 3 saturated carbocycles. The summed E-state index contributed by atoms with van der Waals surface area (Å²) in [5.41, 5.74) is 4.11. The summed E-state index contributed by atoms with van der Waals surface area (Å²) in [4.78, 5) is 36.9. The van der Waals surface area contributed by atoms with E-state index in [1.165, 1.54) is 12.8 Å². The van der Waals surface area contributed by atoms with Crippen LogP contribution in [0.1, 0.15) is 94.0 Å². The van der Waals surface area contributed by atoms with E-state index < -0.39 is 5.97 Å². The predicted molar refractivity (Wildman–Crippen MR) is 164 cm³/mol. The van der Waals surface area contributed by atoms with Crippen LogP contribution in [0, 0.1) is 24.7 Å². The number of pyridine rings is 2. The normalized spacial score (nSPS) is 24.0. The highest BCUT2D eigenvalue weighted by Gasteiger charge is 2.34. The smallest absolute Gasteiger partial charge is 0.303 e. The van der Waals surface area contributed by atoms with Gasteiger partial charge in [0.15, 0.2) is 0 Å². The maximum Gasteiger partial charge on any atom is 0.303 e. The van der Waals surface area contributed by atoms with E-state index in [2.05, 4.69) is 17.4 Å². The highest BCUT2D eigenvalue weighted by Crippen LogP contribution is 2.39. The number of aryl methyl sites for hydroxylation is 1. The average molecular weight is 586 g/mol. The molecule has 0 atom stereocenters. The standard InChI is InChI=1S/C34H43N5O4/c1-22-31(43-2)14-13-30(37-22)25-7-5-24(6-8-25)20-38(34(42)26-9-3-23(4-10-26)17-33(40)41)32-18-27(15-16-35-32)28-19-36-39(21-28)29-11-12-29/h13-16,18-19,21,23-26,29H,3-12,17,20H2,1-2H3,(H,40,41)/t23-,24-,25-,26-. The van der Waals surface area contributed by atoms with E-state index in [0.29, 0.717) is 30.2 Å². The Morgan fingerprint density at radius 3 is 2.40 bits per heavy atom. The molecule has 6 rings (SSSR count). The van der Waals surface area contributed by atoms with Crippen LogP contribution in [0.25, 0.3) is 11.1 Å². The molecule has 3 heterocycles. The van der Waals surface area contributed by atoms with Gasteiger partial charge in [-0.3, -0.25) is 24.2 Å². The minimum Gasteiger partial charge on any atom is -0.495 e. The summed E-state index contributed by atoms with van der Waals surface area (Å²) >= 11 is 0. The molecule has 0 unspecified atom stereocenters. The Balaban J connectivity index is 1.18. The van der Waals surface area contributed by atoms with Crippen LogP contribution >= 0.6 is 0 Å². The number of carbonyl (C=O) groups is 2. The van der Waals surface area contributed by atoms with Crippen LogP contribution in [0.3, 0.4) is 0 Å². The molecule has 0 bridgehead atoms. The largest absolute Gasteiger partial charge is 0.495 e. The lowest BCUT2D eigenvalue weighted by Gasteiger charge is -2.35. The Kier molecular flexibility index (Phi) is 8.77. The molecule has 3 aliphatic carbocycles. The van der Waals surface area contributed by atoms with Crippen molar-refractivity contribution in [1.29, 1.82) is 0 Å². The number of ether oxygens (including phenoxy) is 1. The Labute approximate surface area is 253 Å². The van der Waals surface area contributed by atoms with Crippen LogP contribution in [0.2, 0.25) is 0 Å². The van der Waals surface area contributed by atoms with Crippen LogP contribution in [-0.2, 0) is 9.59 Å². The van der Waals surface area contributed by atoms with Crippen molar-refractivity contribution in [2.24, 2.45) is 17.8 Å². The summed E-state index contributed by atoms with van der Waals surface area (Å²) in [6.07, 6.45) is 15.5. The van der Waals surface area contributed by atoms with Gasteiger partial charge in [0.1, 0.15) is 11.6 Å². The Hall–Kier alpha value is -3.75. The minimum absolute atomic E-state index is 0.101. The van der Waals surface area contributed by atoms with Crippen molar-refractivity contribution in [3.63, 3.8) is 0 Å². The van der Waals surface area contributed by atoms with Gasteiger partial charge >= 0.3 is 5.97 Å². The molecule has 1 amide bonds. The van der Waals surface area contributed by atoms with E-state index in [1.54, 1.807) is 13.3 Å². The van der Waals surface area contributed by atoms with E-state index in [-0.39, 0.29) is 24.2 Å². The summed E-state index contributed by atoms with van der Waals surface area (Å²) in [6, 6.07) is 8.65. The third kappa shape index (κ3) is 6.92. The number of hydrogen-bond acceptors (Lipinski definition) is 6. The van der Waals surface area contributed by atoms with Crippen molar-refractivity contribution in [3.8, 4) is 16.9 Å². The maximum absolute atomic E-state index is 14.2. The van der Waals surface area contributed by atoms with Crippen LogP contribution in [-0.4, -0.2) is 50.4 Å². The predicted octanol–water partition coefficient (Wildman–Crippen LogP) is 6.58. The average Bonchev–Trinajstić information content (AvgIpc) is 3.76. The topological polar surface area (TPSA) is 110 Å². The number of nitrogens with zero attached hydrogens (tertiary/aromatic N) is 5. The van der Waals surface area contributed by atoms with Gasteiger partial charge in [0, 0.05) is 48.5 Å². The molecule has 3 aliphatic rings. The quantitative estimate of drug-likeness (QED) is 0.286. The van der Waals surface area contributed by atoms with Crippen LogP contribution in [0.4, 0.5) is 5.82 Å². The molecule has 0 aromatic carbocycles. The van der Waals surface area contributed by atoms with Gasteiger partial charge in [-0.25, -0.2) is 4.98 Å². The summed E-state index contributed by atoms with van der Waals surface area (Å²) in [5.74, 6) is 1.74. The zero-order valence-electron chi connectivity index (χ0n) is 25.3. The first-order valence-corrected chi connectivity index (χ1v) is 15.9. The Morgan fingerprint density at radius 1 is 0.977 bits per heavy atom. The van der Waals surface area contributed by atoms with Crippen molar-refractivity contribution >= 4 is 17.7 Å². The molecular weight excluding hydrogens is 542 g/mol. The lowest BCUT2D eigenvalue weighted by atomic mass is 9.78. The number of carbonyl (C=O) groups excluding carboxylic acids is 1. The second-order valence-electron chi connectivity index (χ2n) is 12.8. The third-order valence-corrected chi connectivity index (χ3v) is 9.79. The number of aliphatic carboxylic acids is 1. The third-order valence-electron chi connectivity index (χ3n) is 9.79. The van der Waals surface area contributed by atoms with E-state index in [9.17, 15) is 14.7 Å². The fourth-order valence-electron chi connectivity index (χ4n) is 7.06. The van der Waals surface area contributed by atoms with Gasteiger partial charge in [-0.05, 0) is 113 Å². The van der Waals surface area contributed by atoms with Crippen LogP contribution < -0.4 is 9.64 Å². The highest BCUT2D eigenvalue weighted by atomic mass is 16.5. The molecule has 3 fully saturated rings. The van der Waals surface area contributed by atoms with E-state index >= 15 is 0 Å². The van der Waals surface area contributed by atoms with Crippen molar-refractivity contribution in [2.45, 2.75) is 89.5 Å². The molecular formula is C34H43N5O4. The number of carboxylic acid groups (broad SMARTS) is 1. The fraction of sp³-hybridized carbons (Fsp3) is 0.559. The van der Waals surface area contributed by atoms with Gasteiger partial charge in [-0.1, -0.05) is 0 Å². The number of carboxylic acids is 1. The van der Waals surface area contributed by atoms with Gasteiger partial charge in [0.2, 0.25) is 5.91 Å². The lowest BCUT2D eigenvalue weighted by molar-refractivity contribution is -0.138. The molecule has 9 nitrogen and oxygen atoms in total. The molecule has 0 aliphatic heterocycles. The van der Waals surface area contributed by atoms with Crippen LogP contribution in [0.15, 0.2) is 42.9 Å². The first-order valence-electron chi connectivity index (χ1n) is 15.9. The molecule has 228 valence electrons. The number of amides is 1. The lowest BCUT2D eigenvalue weighted by Crippen LogP contribution is -2.42. The summed E-state index contributed by atoms with van der Waals surface area (Å²) < 4.78 is 7.45. The van der Waals surface area contributed by atoms with Crippen molar-refractivity contribution in [1.82, 2.24) is 19.7 Å². The van der Waals surface area contributed by atoms with Crippen molar-refractivity contribution in [3.05, 3.63) is 54.2 Å². The zero-order chi connectivity index (χ0) is 29.9. The van der Waals surface area contributed by atoms with Gasteiger partial charge in [-0.2, -0.15) is 5.10 Å². The number of aromatic nitrogens is 4.